The van der Waals surface area contributed by atoms with Crippen molar-refractivity contribution in [2.45, 2.75) is 12.3 Å². The number of hydrogen-bond acceptors (Lipinski definition) is 4. The van der Waals surface area contributed by atoms with Crippen molar-refractivity contribution in [3.05, 3.63) is 205 Å². The van der Waals surface area contributed by atoms with Gasteiger partial charge in [-0.1, -0.05) is 152 Å². The van der Waals surface area contributed by atoms with Gasteiger partial charge < -0.3 is 9.73 Å². The summed E-state index contributed by atoms with van der Waals surface area (Å²) in [6.45, 7) is 0. The van der Waals surface area contributed by atoms with E-state index >= 15 is 0 Å². The minimum atomic E-state index is -0.276. The van der Waals surface area contributed by atoms with E-state index < -0.39 is 0 Å². The maximum Gasteiger partial charge on any atom is 0.143 e. The van der Waals surface area contributed by atoms with E-state index in [9.17, 15) is 0 Å². The molecule has 11 rings (SSSR count). The number of amidine groups is 1. The molecule has 0 saturated heterocycles. The van der Waals surface area contributed by atoms with Crippen LogP contribution in [0.4, 0.5) is 0 Å². The molecule has 1 aliphatic rings. The Morgan fingerprint density at radius 2 is 1.02 bits per heavy atom. The van der Waals surface area contributed by atoms with Crippen molar-refractivity contribution in [2.24, 2.45) is 4.99 Å². The lowest BCUT2D eigenvalue weighted by Gasteiger charge is -2.32. The topological polar surface area (TPSA) is 49.6 Å². The maximum atomic E-state index is 6.91. The maximum absolute atomic E-state index is 6.91. The molecular formula is C51H35N3O. The molecule has 0 aliphatic carbocycles. The van der Waals surface area contributed by atoms with Crippen LogP contribution in [0.15, 0.2) is 197 Å². The zero-order valence-corrected chi connectivity index (χ0v) is 29.9. The SMILES string of the molecule is c1ccc(C2NC(c3ccc(-c4ccc(-c5ccc6ccccc6c5)cc4)c4oc5cc6ccccc6cc5c34)=NC(c3ccc4ccccc4c3)N2)cc1. The molecule has 0 radical (unpaired) electrons. The van der Waals surface area contributed by atoms with E-state index in [-0.39, 0.29) is 12.3 Å². The molecule has 2 N–H and O–H groups in total. The second kappa shape index (κ2) is 12.8. The smallest absolute Gasteiger partial charge is 0.143 e. The normalized spacial score (nSPS) is 15.8. The average molecular weight is 706 g/mol. The van der Waals surface area contributed by atoms with Gasteiger partial charge >= 0.3 is 0 Å². The monoisotopic (exact) mass is 705 g/mol. The zero-order chi connectivity index (χ0) is 36.3. The minimum Gasteiger partial charge on any atom is -0.455 e. The van der Waals surface area contributed by atoms with E-state index in [1.54, 1.807) is 0 Å². The molecule has 0 bridgehead atoms. The molecule has 9 aromatic carbocycles. The van der Waals surface area contributed by atoms with Crippen molar-refractivity contribution < 1.29 is 4.42 Å². The summed E-state index contributed by atoms with van der Waals surface area (Å²) in [5.41, 5.74) is 9.49. The number of rotatable bonds is 5. The van der Waals surface area contributed by atoms with Gasteiger partial charge in [-0.2, -0.15) is 0 Å². The fraction of sp³-hybridized carbons (Fsp3) is 0.0392. The highest BCUT2D eigenvalue weighted by molar-refractivity contribution is 6.22. The van der Waals surface area contributed by atoms with Crippen LogP contribution in [0, 0.1) is 0 Å². The second-order valence-corrected chi connectivity index (χ2v) is 14.4. The first-order chi connectivity index (χ1) is 27.2. The predicted molar refractivity (Wildman–Crippen MR) is 228 cm³/mol. The van der Waals surface area contributed by atoms with Gasteiger partial charge in [-0.05, 0) is 96.5 Å². The van der Waals surface area contributed by atoms with E-state index in [1.165, 1.54) is 38.1 Å². The number of furan rings is 1. The van der Waals surface area contributed by atoms with E-state index in [0.29, 0.717) is 0 Å². The van der Waals surface area contributed by atoms with Crippen molar-refractivity contribution in [3.63, 3.8) is 0 Å². The van der Waals surface area contributed by atoms with E-state index in [4.69, 9.17) is 9.41 Å². The summed E-state index contributed by atoms with van der Waals surface area (Å²) in [4.78, 5) is 5.43. The van der Waals surface area contributed by atoms with Crippen LogP contribution in [-0.2, 0) is 0 Å². The number of nitrogens with zero attached hydrogens (tertiary/aromatic N) is 1. The summed E-state index contributed by atoms with van der Waals surface area (Å²) < 4.78 is 6.91. The van der Waals surface area contributed by atoms with E-state index in [2.05, 4.69) is 199 Å². The van der Waals surface area contributed by atoms with Crippen molar-refractivity contribution in [3.8, 4) is 22.3 Å². The minimum absolute atomic E-state index is 0.165. The van der Waals surface area contributed by atoms with E-state index in [1.807, 2.05) is 0 Å². The Balaban J connectivity index is 1.08. The Labute approximate surface area is 318 Å². The molecule has 10 aromatic rings. The Bertz CT molecular complexity index is 3110. The van der Waals surface area contributed by atoms with Crippen LogP contribution in [0.25, 0.3) is 76.5 Å². The Morgan fingerprint density at radius 3 is 1.76 bits per heavy atom. The molecule has 4 nitrogen and oxygen atoms in total. The Morgan fingerprint density at radius 1 is 0.436 bits per heavy atom. The predicted octanol–water partition coefficient (Wildman–Crippen LogP) is 12.7. The largest absolute Gasteiger partial charge is 0.455 e. The standard InChI is InChI=1S/C51H35N3O/c1-2-12-36(13-3-1)49-52-50(42-25-21-33-11-5-7-15-38(33)29-42)54-51(53-49)44-27-26-43(48-47(44)45-30-39-16-8-9-17-40(39)31-46(45)55-48)35-22-18-34(19-23-35)41-24-20-32-10-4-6-14-37(32)28-41/h1-31,49-50,52H,(H,53,54). The molecule has 55 heavy (non-hydrogen) atoms. The molecule has 1 aromatic heterocycles. The molecule has 260 valence electrons. The molecule has 0 fully saturated rings. The van der Waals surface area contributed by atoms with Gasteiger partial charge in [-0.3, -0.25) is 5.32 Å². The highest BCUT2D eigenvalue weighted by Crippen LogP contribution is 2.41. The van der Waals surface area contributed by atoms with Gasteiger partial charge in [-0.15, -0.1) is 0 Å². The third-order valence-corrected chi connectivity index (χ3v) is 11.1. The summed E-state index contributed by atoms with van der Waals surface area (Å²) in [5, 5.41) is 16.9. The van der Waals surface area contributed by atoms with Gasteiger partial charge in [-0.25, -0.2) is 4.99 Å². The third kappa shape index (κ3) is 5.54. The zero-order valence-electron chi connectivity index (χ0n) is 29.9. The van der Waals surface area contributed by atoms with Crippen LogP contribution < -0.4 is 10.6 Å². The van der Waals surface area contributed by atoms with Gasteiger partial charge in [0.1, 0.15) is 29.3 Å². The van der Waals surface area contributed by atoms with E-state index in [0.717, 1.165) is 61.0 Å². The van der Waals surface area contributed by atoms with Crippen LogP contribution >= 0.6 is 0 Å². The number of aliphatic imine (C=N–C) groups is 1. The highest BCUT2D eigenvalue weighted by Gasteiger charge is 2.28. The fourth-order valence-corrected chi connectivity index (χ4v) is 8.26. The van der Waals surface area contributed by atoms with Crippen LogP contribution in [0.1, 0.15) is 29.0 Å². The van der Waals surface area contributed by atoms with Crippen LogP contribution in [0.5, 0.6) is 0 Å². The summed E-state index contributed by atoms with van der Waals surface area (Å²) in [7, 11) is 0. The summed E-state index contributed by atoms with van der Waals surface area (Å²) in [6, 6.07) is 67.0. The molecule has 0 saturated carbocycles. The van der Waals surface area contributed by atoms with Crippen LogP contribution in [-0.4, -0.2) is 5.84 Å². The summed E-state index contributed by atoms with van der Waals surface area (Å²) >= 11 is 0. The highest BCUT2D eigenvalue weighted by atomic mass is 16.3. The first-order valence-electron chi connectivity index (χ1n) is 18.8. The molecular weight excluding hydrogens is 671 g/mol. The van der Waals surface area contributed by atoms with Gasteiger partial charge in [0, 0.05) is 21.9 Å². The Hall–Kier alpha value is -7.01. The lowest BCUT2D eigenvalue weighted by Crippen LogP contribution is -2.45. The molecule has 2 unspecified atom stereocenters. The molecule has 2 atom stereocenters. The Kier molecular flexibility index (Phi) is 7.35. The number of hydrogen-bond donors (Lipinski definition) is 2. The first-order valence-corrected chi connectivity index (χ1v) is 18.8. The van der Waals surface area contributed by atoms with Gasteiger partial charge in [0.05, 0.1) is 0 Å². The lowest BCUT2D eigenvalue weighted by atomic mass is 9.95. The van der Waals surface area contributed by atoms with Crippen molar-refractivity contribution in [2.75, 3.05) is 0 Å². The van der Waals surface area contributed by atoms with Gasteiger partial charge in [0.25, 0.3) is 0 Å². The quantitative estimate of drug-likeness (QED) is 0.187. The molecule has 0 spiro atoms. The molecule has 2 heterocycles. The van der Waals surface area contributed by atoms with Gasteiger partial charge in [0.15, 0.2) is 0 Å². The summed E-state index contributed by atoms with van der Waals surface area (Å²) in [5.74, 6) is 0.824. The van der Waals surface area contributed by atoms with Crippen molar-refractivity contribution in [1.82, 2.24) is 10.6 Å². The first kappa shape index (κ1) is 31.5. The van der Waals surface area contributed by atoms with Crippen molar-refractivity contribution in [1.29, 1.82) is 0 Å². The average Bonchev–Trinajstić information content (AvgIpc) is 3.63. The molecule has 0 amide bonds. The van der Waals surface area contributed by atoms with Crippen LogP contribution in [0.3, 0.4) is 0 Å². The number of nitrogens with one attached hydrogen (secondary N) is 2. The molecule has 4 heteroatoms. The number of benzene rings is 9. The molecule has 1 aliphatic heterocycles. The third-order valence-electron chi connectivity index (χ3n) is 11.1. The second-order valence-electron chi connectivity index (χ2n) is 14.4. The lowest BCUT2D eigenvalue weighted by molar-refractivity contribution is 0.409. The fourth-order valence-electron chi connectivity index (χ4n) is 8.26. The van der Waals surface area contributed by atoms with Gasteiger partial charge in [0.2, 0.25) is 0 Å². The number of fused-ring (bicyclic) bond motifs is 6. The van der Waals surface area contributed by atoms with Crippen LogP contribution in [0.2, 0.25) is 0 Å². The van der Waals surface area contributed by atoms with Crippen molar-refractivity contribution >= 4 is 60.1 Å². The summed E-state index contributed by atoms with van der Waals surface area (Å²) in [6.07, 6.45) is -0.441.